The second kappa shape index (κ2) is 13.7. The molecular weight excluding hydrogens is 502 g/mol. The molecule has 4 rings (SSSR count). The summed E-state index contributed by atoms with van der Waals surface area (Å²) in [6.07, 6.45) is 0.00881. The molecular formula is C29H37N3O7. The Labute approximate surface area is 228 Å². The molecule has 0 aliphatic carbocycles. The number of aliphatic hydroxyl groups is 1. The Morgan fingerprint density at radius 1 is 0.974 bits per heavy atom. The van der Waals surface area contributed by atoms with E-state index in [1.54, 1.807) is 26.2 Å². The lowest BCUT2D eigenvalue weighted by Gasteiger charge is -2.38. The summed E-state index contributed by atoms with van der Waals surface area (Å²) < 4.78 is 15.9. The van der Waals surface area contributed by atoms with E-state index in [1.165, 1.54) is 0 Å². The van der Waals surface area contributed by atoms with E-state index in [4.69, 9.17) is 14.2 Å². The van der Waals surface area contributed by atoms with Gasteiger partial charge >= 0.3 is 0 Å². The molecule has 2 amide bonds. The molecule has 0 unspecified atom stereocenters. The fourth-order valence-electron chi connectivity index (χ4n) is 4.77. The zero-order valence-electron chi connectivity index (χ0n) is 22.4. The number of aliphatic hydroxyl groups excluding tert-OH is 1. The highest BCUT2D eigenvalue weighted by molar-refractivity contribution is 5.96. The number of nitrogens with one attached hydrogen (secondary N) is 2. The van der Waals surface area contributed by atoms with Crippen LogP contribution in [0.2, 0.25) is 0 Å². The highest BCUT2D eigenvalue weighted by atomic mass is 16.6. The Morgan fingerprint density at radius 2 is 1.62 bits per heavy atom. The molecule has 0 radical (unpaired) electrons. The van der Waals surface area contributed by atoms with Gasteiger partial charge in [-0.25, -0.2) is 0 Å². The number of ketones is 1. The number of carbonyl (C=O) groups excluding carboxylic acids is 3. The number of carbonyl (C=O) groups is 3. The standard InChI is InChI=1S/C29H37N3O7/c1-19(32-12-13-38-17-22(32)16-33)28(35)31-25(15-21-8-10-23(37-2)11-9-21)29(36)30-24(27(34)26-18-39-26)14-20-6-4-3-5-7-20/h3-11,19,22,24-26,33H,12-18H2,1-2H3,(H,30,36)(H,31,35)/t19-,22-,24-,25-,26+/m0/s1. The van der Waals surface area contributed by atoms with Gasteiger partial charge in [-0.05, 0) is 36.6 Å². The van der Waals surface area contributed by atoms with E-state index < -0.39 is 30.1 Å². The van der Waals surface area contributed by atoms with Crippen molar-refractivity contribution in [2.24, 2.45) is 0 Å². The highest BCUT2D eigenvalue weighted by Crippen LogP contribution is 2.17. The van der Waals surface area contributed by atoms with Crippen LogP contribution in [0.4, 0.5) is 0 Å². The van der Waals surface area contributed by atoms with Crippen molar-refractivity contribution in [1.29, 1.82) is 0 Å². The van der Waals surface area contributed by atoms with E-state index in [0.29, 0.717) is 38.5 Å². The summed E-state index contributed by atoms with van der Waals surface area (Å²) in [7, 11) is 1.58. The minimum atomic E-state index is -0.937. The molecule has 2 saturated heterocycles. The first kappa shape index (κ1) is 28.7. The fraction of sp³-hybridized carbons (Fsp3) is 0.483. The molecule has 0 bridgehead atoms. The molecule has 10 nitrogen and oxygen atoms in total. The number of hydrogen-bond acceptors (Lipinski definition) is 8. The largest absolute Gasteiger partial charge is 0.497 e. The molecule has 5 atom stereocenters. The molecule has 10 heteroatoms. The number of rotatable bonds is 13. The first-order valence-electron chi connectivity index (χ1n) is 13.3. The van der Waals surface area contributed by atoms with Gasteiger partial charge in [0.2, 0.25) is 11.8 Å². The van der Waals surface area contributed by atoms with E-state index in [0.717, 1.165) is 11.1 Å². The van der Waals surface area contributed by atoms with Crippen LogP contribution in [0.25, 0.3) is 0 Å². The number of amides is 2. The number of nitrogens with zero attached hydrogens (tertiary/aromatic N) is 1. The molecule has 2 aromatic rings. The maximum absolute atomic E-state index is 13.7. The Hall–Kier alpha value is -3.31. The second-order valence-corrected chi connectivity index (χ2v) is 9.91. The Balaban J connectivity index is 1.52. The van der Waals surface area contributed by atoms with E-state index in [9.17, 15) is 19.5 Å². The predicted molar refractivity (Wildman–Crippen MR) is 143 cm³/mol. The minimum absolute atomic E-state index is 0.139. The number of epoxide rings is 1. The van der Waals surface area contributed by atoms with Crippen molar-refractivity contribution in [2.45, 2.75) is 50.0 Å². The van der Waals surface area contributed by atoms with Gasteiger partial charge in [-0.3, -0.25) is 19.3 Å². The van der Waals surface area contributed by atoms with Crippen LogP contribution in [-0.2, 0) is 36.7 Å². The molecule has 210 valence electrons. The number of hydrogen-bond donors (Lipinski definition) is 3. The lowest BCUT2D eigenvalue weighted by Crippen LogP contribution is -2.59. The van der Waals surface area contributed by atoms with Crippen molar-refractivity contribution in [2.75, 3.05) is 40.1 Å². The van der Waals surface area contributed by atoms with Crippen molar-refractivity contribution >= 4 is 17.6 Å². The van der Waals surface area contributed by atoms with Gasteiger partial charge < -0.3 is 30.0 Å². The average Bonchev–Trinajstić information content (AvgIpc) is 3.82. The molecule has 2 heterocycles. The average molecular weight is 540 g/mol. The Bertz CT molecular complexity index is 1110. The molecule has 2 aliphatic heterocycles. The van der Waals surface area contributed by atoms with Gasteiger partial charge in [-0.2, -0.15) is 0 Å². The van der Waals surface area contributed by atoms with Crippen molar-refractivity contribution in [3.8, 4) is 5.75 Å². The fourth-order valence-corrected chi connectivity index (χ4v) is 4.77. The molecule has 3 N–H and O–H groups in total. The van der Waals surface area contributed by atoms with Gasteiger partial charge in [-0.15, -0.1) is 0 Å². The van der Waals surface area contributed by atoms with Crippen molar-refractivity contribution in [3.63, 3.8) is 0 Å². The van der Waals surface area contributed by atoms with Gasteiger partial charge in [0, 0.05) is 13.0 Å². The Kier molecular flexibility index (Phi) is 10.0. The molecule has 39 heavy (non-hydrogen) atoms. The van der Waals surface area contributed by atoms with Gasteiger partial charge in [-0.1, -0.05) is 42.5 Å². The van der Waals surface area contributed by atoms with E-state index >= 15 is 0 Å². The third-order valence-electron chi connectivity index (χ3n) is 7.19. The second-order valence-electron chi connectivity index (χ2n) is 9.91. The van der Waals surface area contributed by atoms with Crippen LogP contribution >= 0.6 is 0 Å². The van der Waals surface area contributed by atoms with Crippen LogP contribution in [0.3, 0.4) is 0 Å². The summed E-state index contributed by atoms with van der Waals surface area (Å²) >= 11 is 0. The third kappa shape index (κ3) is 7.86. The summed E-state index contributed by atoms with van der Waals surface area (Å²) in [5.74, 6) is -0.311. The summed E-state index contributed by atoms with van der Waals surface area (Å²) in [4.78, 5) is 41.9. The van der Waals surface area contributed by atoms with Crippen LogP contribution < -0.4 is 15.4 Å². The third-order valence-corrected chi connectivity index (χ3v) is 7.19. The molecule has 2 aliphatic rings. The highest BCUT2D eigenvalue weighted by Gasteiger charge is 2.38. The number of Topliss-reactive ketones (excluding diaryl/α,β-unsaturated/α-hetero) is 1. The number of morpholine rings is 1. The van der Waals surface area contributed by atoms with E-state index in [-0.39, 0.29) is 30.8 Å². The molecule has 2 fully saturated rings. The van der Waals surface area contributed by atoms with Crippen LogP contribution in [0.5, 0.6) is 5.75 Å². The normalized spacial score (nSPS) is 21.3. The van der Waals surface area contributed by atoms with Crippen molar-refractivity contribution in [3.05, 3.63) is 65.7 Å². The molecule has 2 aromatic carbocycles. The van der Waals surface area contributed by atoms with Crippen molar-refractivity contribution in [1.82, 2.24) is 15.5 Å². The Morgan fingerprint density at radius 3 is 2.26 bits per heavy atom. The number of benzene rings is 2. The minimum Gasteiger partial charge on any atom is -0.497 e. The predicted octanol–water partition coefficient (Wildman–Crippen LogP) is 0.500. The molecule has 0 saturated carbocycles. The van der Waals surface area contributed by atoms with Gasteiger partial charge in [0.15, 0.2) is 5.78 Å². The monoisotopic (exact) mass is 539 g/mol. The van der Waals surface area contributed by atoms with Gasteiger partial charge in [0.25, 0.3) is 0 Å². The first-order chi connectivity index (χ1) is 18.9. The quantitative estimate of drug-likeness (QED) is 0.314. The first-order valence-corrected chi connectivity index (χ1v) is 13.3. The number of methoxy groups -OCH3 is 1. The van der Waals surface area contributed by atoms with Crippen LogP contribution in [0.15, 0.2) is 54.6 Å². The smallest absolute Gasteiger partial charge is 0.243 e. The maximum atomic E-state index is 13.7. The zero-order valence-corrected chi connectivity index (χ0v) is 22.4. The van der Waals surface area contributed by atoms with Crippen LogP contribution in [-0.4, -0.2) is 98.0 Å². The van der Waals surface area contributed by atoms with Gasteiger partial charge in [0.05, 0.1) is 51.7 Å². The number of ether oxygens (including phenoxy) is 3. The molecule has 0 spiro atoms. The van der Waals surface area contributed by atoms with Gasteiger partial charge in [0.1, 0.15) is 17.9 Å². The molecule has 0 aromatic heterocycles. The van der Waals surface area contributed by atoms with E-state index in [1.807, 2.05) is 47.4 Å². The maximum Gasteiger partial charge on any atom is 0.243 e. The summed E-state index contributed by atoms with van der Waals surface area (Å²) in [6.45, 7) is 3.23. The summed E-state index contributed by atoms with van der Waals surface area (Å²) in [5.41, 5.74) is 1.73. The lowest BCUT2D eigenvalue weighted by molar-refractivity contribution is -0.135. The topological polar surface area (TPSA) is 130 Å². The zero-order chi connectivity index (χ0) is 27.8. The lowest BCUT2D eigenvalue weighted by atomic mass is 9.99. The van der Waals surface area contributed by atoms with Crippen LogP contribution in [0, 0.1) is 0 Å². The summed E-state index contributed by atoms with van der Waals surface area (Å²) in [6, 6.07) is 14.1. The van der Waals surface area contributed by atoms with Crippen molar-refractivity contribution < 1.29 is 33.7 Å². The van der Waals surface area contributed by atoms with E-state index in [2.05, 4.69) is 10.6 Å². The van der Waals surface area contributed by atoms with Crippen LogP contribution in [0.1, 0.15) is 18.1 Å². The summed E-state index contributed by atoms with van der Waals surface area (Å²) in [5, 5.41) is 15.5. The SMILES string of the molecule is COc1ccc(C[C@H](NC(=O)[C@H](C)N2CCOC[C@@H]2CO)C(=O)N[C@@H](Cc2ccccc2)C(=O)[C@H]2CO2)cc1.